The zero-order valence-electron chi connectivity index (χ0n) is 11.7. The molecule has 0 radical (unpaired) electrons. The van der Waals surface area contributed by atoms with Crippen molar-refractivity contribution in [2.75, 3.05) is 6.61 Å². The topological polar surface area (TPSA) is 103 Å². The van der Waals surface area contributed by atoms with Crippen LogP contribution < -0.4 is 0 Å². The van der Waals surface area contributed by atoms with E-state index in [4.69, 9.17) is 4.74 Å². The summed E-state index contributed by atoms with van der Waals surface area (Å²) in [5, 5.41) is 40.7. The van der Waals surface area contributed by atoms with Gasteiger partial charge in [-0.1, -0.05) is 30.3 Å². The first kappa shape index (κ1) is 14.9. The standard InChI is InChI=1S/C16H17NO5/c18-12-6-5-9-3-1-2-4-10(9)11(12)7-17-16-15(21)14(20)13(19)8-22-16/h1-7,13-16,18-21H,8H2/b17-7+/t13-,14-,15-,16+/m0/s1. The fourth-order valence-electron chi connectivity index (χ4n) is 2.49. The average molecular weight is 303 g/mol. The van der Waals surface area contributed by atoms with Crippen molar-refractivity contribution in [1.82, 2.24) is 0 Å². The summed E-state index contributed by atoms with van der Waals surface area (Å²) in [4.78, 5) is 4.10. The molecule has 2 aromatic rings. The van der Waals surface area contributed by atoms with Crippen molar-refractivity contribution in [2.45, 2.75) is 24.5 Å². The van der Waals surface area contributed by atoms with E-state index in [2.05, 4.69) is 4.99 Å². The molecule has 0 bridgehead atoms. The lowest BCUT2D eigenvalue weighted by Crippen LogP contribution is -2.52. The Bertz CT molecular complexity index is 702. The Morgan fingerprint density at radius 1 is 1.05 bits per heavy atom. The van der Waals surface area contributed by atoms with Crippen LogP contribution in [0.5, 0.6) is 5.75 Å². The number of benzene rings is 2. The molecule has 1 aliphatic heterocycles. The molecule has 6 nitrogen and oxygen atoms in total. The Hall–Kier alpha value is -1.99. The van der Waals surface area contributed by atoms with E-state index in [0.29, 0.717) is 5.56 Å². The predicted octanol–water partition coefficient (Wildman–Crippen LogP) is 0.403. The van der Waals surface area contributed by atoms with Crippen LogP contribution in [0.3, 0.4) is 0 Å². The van der Waals surface area contributed by atoms with Gasteiger partial charge in [-0.15, -0.1) is 0 Å². The highest BCUT2D eigenvalue weighted by Gasteiger charge is 2.37. The summed E-state index contributed by atoms with van der Waals surface area (Å²) in [6.45, 7) is -0.109. The van der Waals surface area contributed by atoms with Crippen molar-refractivity contribution in [2.24, 2.45) is 4.99 Å². The highest BCUT2D eigenvalue weighted by molar-refractivity contribution is 6.02. The summed E-state index contributed by atoms with van der Waals surface area (Å²) in [5.41, 5.74) is 0.509. The summed E-state index contributed by atoms with van der Waals surface area (Å²) < 4.78 is 5.21. The van der Waals surface area contributed by atoms with Crippen LogP contribution in [0.25, 0.3) is 10.8 Å². The Morgan fingerprint density at radius 2 is 1.82 bits per heavy atom. The van der Waals surface area contributed by atoms with Crippen molar-refractivity contribution in [3.8, 4) is 5.75 Å². The number of ether oxygens (including phenoxy) is 1. The monoisotopic (exact) mass is 303 g/mol. The molecule has 1 saturated heterocycles. The summed E-state index contributed by atoms with van der Waals surface area (Å²) in [5.74, 6) is 0.0633. The van der Waals surface area contributed by atoms with Crippen LogP contribution in [-0.4, -0.2) is 57.8 Å². The molecule has 22 heavy (non-hydrogen) atoms. The summed E-state index contributed by atoms with van der Waals surface area (Å²) in [6, 6.07) is 10.9. The molecule has 0 unspecified atom stereocenters. The Labute approximate surface area is 126 Å². The van der Waals surface area contributed by atoms with Crippen molar-refractivity contribution in [3.05, 3.63) is 42.0 Å². The molecule has 0 spiro atoms. The lowest BCUT2D eigenvalue weighted by Gasteiger charge is -2.32. The number of phenols is 1. The van der Waals surface area contributed by atoms with Crippen molar-refractivity contribution < 1.29 is 25.2 Å². The van der Waals surface area contributed by atoms with Gasteiger partial charge < -0.3 is 25.2 Å². The molecule has 1 fully saturated rings. The van der Waals surface area contributed by atoms with Crippen LogP contribution >= 0.6 is 0 Å². The quantitative estimate of drug-likeness (QED) is 0.602. The molecule has 2 aromatic carbocycles. The zero-order valence-corrected chi connectivity index (χ0v) is 11.7. The molecular formula is C16H17NO5. The number of aliphatic imine (C=N–C) groups is 1. The molecule has 116 valence electrons. The number of phenolic OH excluding ortho intramolecular Hbond substituents is 1. The SMILES string of the molecule is Oc1ccc2ccccc2c1/C=N/[C@@H]1OC[C@H](O)[C@H](O)[C@@H]1O. The van der Waals surface area contributed by atoms with Gasteiger partial charge in [-0.05, 0) is 16.8 Å². The number of nitrogens with zero attached hydrogens (tertiary/aromatic N) is 1. The third kappa shape index (κ3) is 2.69. The third-order valence-electron chi connectivity index (χ3n) is 3.77. The lowest BCUT2D eigenvalue weighted by molar-refractivity contribution is -0.183. The minimum atomic E-state index is -1.32. The largest absolute Gasteiger partial charge is 0.507 e. The van der Waals surface area contributed by atoms with Gasteiger partial charge in [0, 0.05) is 11.8 Å². The van der Waals surface area contributed by atoms with Gasteiger partial charge in [0.2, 0.25) is 0 Å². The molecule has 0 saturated carbocycles. The van der Waals surface area contributed by atoms with Crippen LogP contribution in [0.4, 0.5) is 0 Å². The maximum Gasteiger partial charge on any atom is 0.176 e. The second kappa shape index (κ2) is 6.02. The first-order valence-electron chi connectivity index (χ1n) is 6.97. The van der Waals surface area contributed by atoms with Crippen molar-refractivity contribution in [1.29, 1.82) is 0 Å². The maximum absolute atomic E-state index is 10.0. The third-order valence-corrected chi connectivity index (χ3v) is 3.77. The number of hydrogen-bond donors (Lipinski definition) is 4. The number of rotatable bonds is 2. The molecule has 0 amide bonds. The minimum absolute atomic E-state index is 0.0633. The van der Waals surface area contributed by atoms with Crippen LogP contribution in [0.1, 0.15) is 5.56 Å². The lowest BCUT2D eigenvalue weighted by atomic mass is 10.0. The molecular weight excluding hydrogens is 286 g/mol. The van der Waals surface area contributed by atoms with Gasteiger partial charge in [0.25, 0.3) is 0 Å². The van der Waals surface area contributed by atoms with E-state index in [9.17, 15) is 20.4 Å². The molecule has 0 aliphatic carbocycles. The Morgan fingerprint density at radius 3 is 2.64 bits per heavy atom. The fourth-order valence-corrected chi connectivity index (χ4v) is 2.49. The second-order valence-corrected chi connectivity index (χ2v) is 5.27. The van der Waals surface area contributed by atoms with Gasteiger partial charge in [-0.3, -0.25) is 4.99 Å². The highest BCUT2D eigenvalue weighted by Crippen LogP contribution is 2.26. The van der Waals surface area contributed by atoms with Crippen molar-refractivity contribution >= 4 is 17.0 Å². The van der Waals surface area contributed by atoms with E-state index in [0.717, 1.165) is 10.8 Å². The molecule has 4 atom stereocenters. The fraction of sp³-hybridized carbons (Fsp3) is 0.312. The van der Waals surface area contributed by atoms with Gasteiger partial charge >= 0.3 is 0 Å². The molecule has 4 N–H and O–H groups in total. The maximum atomic E-state index is 10.0. The normalized spacial score (nSPS) is 29.2. The van der Waals surface area contributed by atoms with Crippen LogP contribution in [0.15, 0.2) is 41.4 Å². The van der Waals surface area contributed by atoms with Gasteiger partial charge in [0.05, 0.1) is 6.61 Å². The van der Waals surface area contributed by atoms with E-state index in [1.165, 1.54) is 6.21 Å². The Kier molecular flexibility index (Phi) is 4.08. The summed E-state index contributed by atoms with van der Waals surface area (Å²) >= 11 is 0. The number of aromatic hydroxyl groups is 1. The number of aliphatic hydroxyl groups excluding tert-OH is 3. The van der Waals surface area contributed by atoms with Crippen molar-refractivity contribution in [3.63, 3.8) is 0 Å². The second-order valence-electron chi connectivity index (χ2n) is 5.27. The van der Waals surface area contributed by atoms with Crippen LogP contribution in [-0.2, 0) is 4.74 Å². The van der Waals surface area contributed by atoms with Crippen LogP contribution in [0, 0.1) is 0 Å². The van der Waals surface area contributed by atoms with E-state index >= 15 is 0 Å². The number of fused-ring (bicyclic) bond motifs is 1. The molecule has 1 heterocycles. The van der Waals surface area contributed by atoms with E-state index in [-0.39, 0.29) is 12.4 Å². The van der Waals surface area contributed by atoms with E-state index < -0.39 is 24.5 Å². The number of aliphatic hydroxyl groups is 3. The van der Waals surface area contributed by atoms with Gasteiger partial charge in [0.1, 0.15) is 24.1 Å². The first-order valence-corrected chi connectivity index (χ1v) is 6.97. The smallest absolute Gasteiger partial charge is 0.176 e. The van der Waals surface area contributed by atoms with Gasteiger partial charge in [-0.2, -0.15) is 0 Å². The zero-order chi connectivity index (χ0) is 15.7. The molecule has 0 aromatic heterocycles. The molecule has 3 rings (SSSR count). The number of hydrogen-bond acceptors (Lipinski definition) is 6. The predicted molar refractivity (Wildman–Crippen MR) is 81.0 cm³/mol. The van der Waals surface area contributed by atoms with Gasteiger partial charge in [-0.25, -0.2) is 0 Å². The molecule has 1 aliphatic rings. The average Bonchev–Trinajstić information content (AvgIpc) is 2.53. The van der Waals surface area contributed by atoms with E-state index in [1.54, 1.807) is 12.1 Å². The summed E-state index contributed by atoms with van der Waals surface area (Å²) in [7, 11) is 0. The molecule has 6 heteroatoms. The summed E-state index contributed by atoms with van der Waals surface area (Å²) in [6.07, 6.45) is -3.34. The van der Waals surface area contributed by atoms with Crippen LogP contribution in [0.2, 0.25) is 0 Å². The van der Waals surface area contributed by atoms with Gasteiger partial charge in [0.15, 0.2) is 6.23 Å². The first-order chi connectivity index (χ1) is 10.6. The van der Waals surface area contributed by atoms with E-state index in [1.807, 2.05) is 24.3 Å². The highest BCUT2D eigenvalue weighted by atomic mass is 16.5. The minimum Gasteiger partial charge on any atom is -0.507 e. The Balaban J connectivity index is 1.91.